The Hall–Kier alpha value is -1.30. The quantitative estimate of drug-likeness (QED) is 0.828. The van der Waals surface area contributed by atoms with Crippen molar-refractivity contribution in [1.29, 1.82) is 0 Å². The second kappa shape index (κ2) is 5.60. The van der Waals surface area contributed by atoms with E-state index in [1.807, 2.05) is 26.8 Å². The Morgan fingerprint density at radius 1 is 1.45 bits per heavy atom. The van der Waals surface area contributed by atoms with Crippen molar-refractivity contribution in [2.24, 2.45) is 0 Å². The third-order valence-corrected chi connectivity index (χ3v) is 3.45. The van der Waals surface area contributed by atoms with Gasteiger partial charge in [0.1, 0.15) is 5.60 Å². The van der Waals surface area contributed by atoms with Crippen molar-refractivity contribution in [3.63, 3.8) is 0 Å². The summed E-state index contributed by atoms with van der Waals surface area (Å²) in [6.45, 7) is 6.85. The van der Waals surface area contributed by atoms with Crippen LogP contribution in [-0.4, -0.2) is 41.8 Å². The van der Waals surface area contributed by atoms with Crippen LogP contribution in [0.4, 0.5) is 4.79 Å². The number of pyridine rings is 1. The van der Waals surface area contributed by atoms with E-state index in [0.717, 1.165) is 10.0 Å². The lowest BCUT2D eigenvalue weighted by Gasteiger charge is -2.40. The number of rotatable bonds is 2. The minimum atomic E-state index is -0.461. The van der Waals surface area contributed by atoms with E-state index in [1.165, 1.54) is 0 Å². The largest absolute Gasteiger partial charge is 0.481 e. The number of carbonyl (C=O) groups is 1. The molecule has 6 heteroatoms. The molecule has 1 aromatic heterocycles. The molecule has 2 rings (SSSR count). The SMILES string of the molecule is COc1ncc(Br)cc1C1CN(C(=O)OC(C)(C)C)C1. The fourth-order valence-electron chi connectivity index (χ4n) is 2.06. The van der Waals surface area contributed by atoms with E-state index in [9.17, 15) is 4.79 Å². The van der Waals surface area contributed by atoms with Crippen LogP contribution in [0.1, 0.15) is 32.3 Å². The highest BCUT2D eigenvalue weighted by molar-refractivity contribution is 9.10. The molecule has 0 aromatic carbocycles. The normalized spacial score (nSPS) is 15.8. The molecule has 0 saturated carbocycles. The predicted octanol–water partition coefficient (Wildman–Crippen LogP) is 3.19. The van der Waals surface area contributed by atoms with E-state index in [2.05, 4.69) is 20.9 Å². The standard InChI is InChI=1S/C14H19BrN2O3/c1-14(2,3)20-13(18)17-7-9(8-17)11-5-10(15)6-16-12(11)19-4/h5-6,9H,7-8H2,1-4H3. The topological polar surface area (TPSA) is 51.7 Å². The van der Waals surface area contributed by atoms with Gasteiger partial charge in [-0.3, -0.25) is 0 Å². The van der Waals surface area contributed by atoms with Gasteiger partial charge in [-0.05, 0) is 42.8 Å². The summed E-state index contributed by atoms with van der Waals surface area (Å²) in [7, 11) is 1.60. The van der Waals surface area contributed by atoms with Gasteiger partial charge in [-0.1, -0.05) is 0 Å². The second-order valence-electron chi connectivity index (χ2n) is 5.83. The van der Waals surface area contributed by atoms with Crippen molar-refractivity contribution in [1.82, 2.24) is 9.88 Å². The van der Waals surface area contributed by atoms with Crippen molar-refractivity contribution in [3.8, 4) is 5.88 Å². The molecule has 1 aromatic rings. The maximum Gasteiger partial charge on any atom is 0.410 e. The summed E-state index contributed by atoms with van der Waals surface area (Å²) in [6.07, 6.45) is 1.43. The molecule has 0 N–H and O–H groups in total. The first-order valence-electron chi connectivity index (χ1n) is 6.47. The third kappa shape index (κ3) is 3.42. The van der Waals surface area contributed by atoms with Gasteiger partial charge in [-0.15, -0.1) is 0 Å². The highest BCUT2D eigenvalue weighted by Crippen LogP contribution is 2.34. The maximum absolute atomic E-state index is 11.9. The molecular weight excluding hydrogens is 324 g/mol. The fourth-order valence-corrected chi connectivity index (χ4v) is 2.41. The van der Waals surface area contributed by atoms with Gasteiger partial charge in [0.05, 0.1) is 7.11 Å². The van der Waals surface area contributed by atoms with Gasteiger partial charge < -0.3 is 14.4 Å². The summed E-state index contributed by atoms with van der Waals surface area (Å²) < 4.78 is 11.5. The van der Waals surface area contributed by atoms with Crippen LogP contribution in [0, 0.1) is 0 Å². The molecule has 1 aliphatic rings. The van der Waals surface area contributed by atoms with Crippen molar-refractivity contribution >= 4 is 22.0 Å². The Morgan fingerprint density at radius 3 is 2.65 bits per heavy atom. The van der Waals surface area contributed by atoms with Gasteiger partial charge in [0.2, 0.25) is 5.88 Å². The fraction of sp³-hybridized carbons (Fsp3) is 0.571. The van der Waals surface area contributed by atoms with Gasteiger partial charge in [0.15, 0.2) is 0 Å². The number of amides is 1. The Kier molecular flexibility index (Phi) is 4.22. The molecule has 1 amide bonds. The highest BCUT2D eigenvalue weighted by Gasteiger charge is 2.36. The van der Waals surface area contributed by atoms with Crippen molar-refractivity contribution < 1.29 is 14.3 Å². The summed E-state index contributed by atoms with van der Waals surface area (Å²) in [5, 5.41) is 0. The molecule has 5 nitrogen and oxygen atoms in total. The first-order valence-corrected chi connectivity index (χ1v) is 7.27. The van der Waals surface area contributed by atoms with Gasteiger partial charge >= 0.3 is 6.09 Å². The number of likely N-dealkylation sites (tertiary alicyclic amines) is 1. The number of hydrogen-bond donors (Lipinski definition) is 0. The van der Waals surface area contributed by atoms with E-state index >= 15 is 0 Å². The number of aromatic nitrogens is 1. The minimum Gasteiger partial charge on any atom is -0.481 e. The minimum absolute atomic E-state index is 0.238. The molecule has 0 bridgehead atoms. The van der Waals surface area contributed by atoms with E-state index in [1.54, 1.807) is 18.2 Å². The van der Waals surface area contributed by atoms with E-state index in [4.69, 9.17) is 9.47 Å². The number of methoxy groups -OCH3 is 1. The number of carbonyl (C=O) groups excluding carboxylic acids is 1. The van der Waals surface area contributed by atoms with Gasteiger partial charge in [-0.2, -0.15) is 0 Å². The molecule has 110 valence electrons. The first kappa shape index (κ1) is 15.1. The van der Waals surface area contributed by atoms with E-state index in [-0.39, 0.29) is 12.0 Å². The Labute approximate surface area is 127 Å². The van der Waals surface area contributed by atoms with Crippen molar-refractivity contribution in [2.45, 2.75) is 32.3 Å². The highest BCUT2D eigenvalue weighted by atomic mass is 79.9. The third-order valence-electron chi connectivity index (χ3n) is 3.01. The molecule has 0 radical (unpaired) electrons. The van der Waals surface area contributed by atoms with Crippen LogP contribution in [0.3, 0.4) is 0 Å². The molecule has 1 fully saturated rings. The van der Waals surface area contributed by atoms with Crippen LogP contribution in [0.2, 0.25) is 0 Å². The van der Waals surface area contributed by atoms with Gasteiger partial charge in [0.25, 0.3) is 0 Å². The van der Waals surface area contributed by atoms with Crippen molar-refractivity contribution in [3.05, 3.63) is 22.3 Å². The average molecular weight is 343 g/mol. The Bertz CT molecular complexity index is 508. The van der Waals surface area contributed by atoms with Gasteiger partial charge in [0, 0.05) is 35.2 Å². The van der Waals surface area contributed by atoms with Crippen LogP contribution in [0.5, 0.6) is 5.88 Å². The summed E-state index contributed by atoms with van der Waals surface area (Å²) >= 11 is 3.41. The predicted molar refractivity (Wildman–Crippen MR) is 79.0 cm³/mol. The molecule has 1 aliphatic heterocycles. The van der Waals surface area contributed by atoms with E-state index < -0.39 is 5.60 Å². The molecular formula is C14H19BrN2O3. The van der Waals surface area contributed by atoms with E-state index in [0.29, 0.717) is 19.0 Å². The number of nitrogens with zero attached hydrogens (tertiary/aromatic N) is 2. The maximum atomic E-state index is 11.9. The zero-order chi connectivity index (χ0) is 14.9. The molecule has 0 spiro atoms. The van der Waals surface area contributed by atoms with Crippen LogP contribution in [0.15, 0.2) is 16.7 Å². The molecule has 2 heterocycles. The zero-order valence-corrected chi connectivity index (χ0v) is 13.7. The van der Waals surface area contributed by atoms with Crippen LogP contribution >= 0.6 is 15.9 Å². The monoisotopic (exact) mass is 342 g/mol. The van der Waals surface area contributed by atoms with Crippen LogP contribution < -0.4 is 4.74 Å². The van der Waals surface area contributed by atoms with Crippen molar-refractivity contribution in [2.75, 3.05) is 20.2 Å². The molecule has 0 unspecified atom stereocenters. The average Bonchev–Trinajstić information content (AvgIpc) is 2.24. The first-order chi connectivity index (χ1) is 9.30. The molecule has 0 atom stereocenters. The van der Waals surface area contributed by atoms with Crippen LogP contribution in [-0.2, 0) is 4.74 Å². The second-order valence-corrected chi connectivity index (χ2v) is 6.75. The summed E-state index contributed by atoms with van der Waals surface area (Å²) in [5.74, 6) is 0.851. The van der Waals surface area contributed by atoms with Crippen LogP contribution in [0.25, 0.3) is 0 Å². The Balaban J connectivity index is 2.00. The molecule has 20 heavy (non-hydrogen) atoms. The summed E-state index contributed by atoms with van der Waals surface area (Å²) in [5.41, 5.74) is 0.554. The smallest absolute Gasteiger partial charge is 0.410 e. The lowest BCUT2D eigenvalue weighted by Crippen LogP contribution is -2.50. The Morgan fingerprint density at radius 2 is 2.10 bits per heavy atom. The number of ether oxygens (including phenoxy) is 2. The number of hydrogen-bond acceptors (Lipinski definition) is 4. The summed E-state index contributed by atoms with van der Waals surface area (Å²) in [4.78, 5) is 17.8. The van der Waals surface area contributed by atoms with Gasteiger partial charge in [-0.25, -0.2) is 9.78 Å². The lowest BCUT2D eigenvalue weighted by molar-refractivity contribution is 0.00795. The number of halogens is 1. The molecule has 0 aliphatic carbocycles. The molecule has 1 saturated heterocycles. The lowest BCUT2D eigenvalue weighted by atomic mass is 9.92. The summed E-state index contributed by atoms with van der Waals surface area (Å²) in [6, 6.07) is 1.99. The zero-order valence-electron chi connectivity index (χ0n) is 12.1.